The first-order chi connectivity index (χ1) is 12.7. The molecule has 0 fully saturated rings. The first-order valence-electron chi connectivity index (χ1n) is 8.40. The first kappa shape index (κ1) is 20.7. The summed E-state index contributed by atoms with van der Waals surface area (Å²) in [4.78, 5) is 24.7. The zero-order valence-corrected chi connectivity index (χ0v) is 16.6. The van der Waals surface area contributed by atoms with Gasteiger partial charge in [0, 0.05) is 17.3 Å². The van der Waals surface area contributed by atoms with Crippen LogP contribution in [0.5, 0.6) is 0 Å². The van der Waals surface area contributed by atoms with Crippen molar-refractivity contribution in [1.82, 2.24) is 5.32 Å². The van der Waals surface area contributed by atoms with E-state index in [9.17, 15) is 18.0 Å². The number of ether oxygens (including phenoxy) is 2. The van der Waals surface area contributed by atoms with Gasteiger partial charge in [-0.1, -0.05) is 25.1 Å². The lowest BCUT2D eigenvalue weighted by molar-refractivity contribution is -0.139. The Kier molecular flexibility index (Phi) is 6.43. The van der Waals surface area contributed by atoms with Gasteiger partial charge in [0.1, 0.15) is 6.61 Å². The highest BCUT2D eigenvalue weighted by Gasteiger charge is 2.33. The molecule has 1 aromatic rings. The van der Waals surface area contributed by atoms with Crippen molar-refractivity contribution in [3.63, 3.8) is 0 Å². The van der Waals surface area contributed by atoms with Crippen LogP contribution in [0.4, 0.5) is 0 Å². The van der Waals surface area contributed by atoms with Gasteiger partial charge in [-0.05, 0) is 26.0 Å². The number of dihydropyridines is 1. The third kappa shape index (κ3) is 4.57. The van der Waals surface area contributed by atoms with Gasteiger partial charge in [0.15, 0.2) is 9.84 Å². The van der Waals surface area contributed by atoms with Crippen molar-refractivity contribution in [2.75, 3.05) is 19.5 Å². The molecule has 7 nitrogen and oxygen atoms in total. The number of nitrogens with one attached hydrogen (secondary N) is 1. The van der Waals surface area contributed by atoms with Crippen molar-refractivity contribution in [1.29, 1.82) is 0 Å². The smallest absolute Gasteiger partial charge is 0.336 e. The SMILES string of the molecule is COC(=O)C1=C(C)NC(C)=C(C(=O)OCCS(=O)(=O)c2ccccc2)C1C. The second-order valence-corrected chi connectivity index (χ2v) is 8.29. The highest BCUT2D eigenvalue weighted by atomic mass is 32.2. The van der Waals surface area contributed by atoms with Crippen molar-refractivity contribution in [2.24, 2.45) is 5.92 Å². The Morgan fingerprint density at radius 3 is 2.15 bits per heavy atom. The lowest BCUT2D eigenvalue weighted by Crippen LogP contribution is -2.32. The molecule has 146 valence electrons. The topological polar surface area (TPSA) is 98.8 Å². The molecule has 0 aromatic heterocycles. The minimum atomic E-state index is -3.54. The maximum Gasteiger partial charge on any atom is 0.336 e. The summed E-state index contributed by atoms with van der Waals surface area (Å²) < 4.78 is 34.5. The lowest BCUT2D eigenvalue weighted by atomic mass is 9.87. The van der Waals surface area contributed by atoms with Crippen LogP contribution in [-0.4, -0.2) is 39.8 Å². The number of benzene rings is 1. The van der Waals surface area contributed by atoms with Crippen LogP contribution >= 0.6 is 0 Å². The van der Waals surface area contributed by atoms with Crippen LogP contribution in [0, 0.1) is 5.92 Å². The first-order valence-corrected chi connectivity index (χ1v) is 10.1. The molecule has 1 heterocycles. The van der Waals surface area contributed by atoms with Gasteiger partial charge in [0.25, 0.3) is 0 Å². The molecule has 1 unspecified atom stereocenters. The molecule has 8 heteroatoms. The summed E-state index contributed by atoms with van der Waals surface area (Å²) in [6, 6.07) is 7.97. The predicted octanol–water partition coefficient (Wildman–Crippen LogP) is 1.96. The van der Waals surface area contributed by atoms with Crippen LogP contribution in [-0.2, 0) is 28.9 Å². The van der Waals surface area contributed by atoms with Crippen LogP contribution < -0.4 is 5.32 Å². The highest BCUT2D eigenvalue weighted by molar-refractivity contribution is 7.91. The van der Waals surface area contributed by atoms with Gasteiger partial charge < -0.3 is 14.8 Å². The van der Waals surface area contributed by atoms with Gasteiger partial charge in [-0.2, -0.15) is 0 Å². The van der Waals surface area contributed by atoms with E-state index >= 15 is 0 Å². The number of carbonyl (C=O) groups is 2. The number of hydrogen-bond donors (Lipinski definition) is 1. The number of carbonyl (C=O) groups excluding carboxylic acids is 2. The van der Waals surface area contributed by atoms with E-state index in [1.807, 2.05) is 0 Å². The Morgan fingerprint density at radius 2 is 1.59 bits per heavy atom. The van der Waals surface area contributed by atoms with E-state index < -0.39 is 27.7 Å². The van der Waals surface area contributed by atoms with Gasteiger partial charge >= 0.3 is 11.9 Å². The van der Waals surface area contributed by atoms with E-state index in [0.717, 1.165) is 0 Å². The van der Waals surface area contributed by atoms with Crippen molar-refractivity contribution in [3.05, 3.63) is 52.9 Å². The minimum Gasteiger partial charge on any atom is -0.466 e. The molecule has 27 heavy (non-hydrogen) atoms. The standard InChI is InChI=1S/C19H23NO6S/c1-12-16(18(21)25-4)13(2)20-14(3)17(12)19(22)26-10-11-27(23,24)15-8-6-5-7-9-15/h5-9,12,20H,10-11H2,1-4H3. The summed E-state index contributed by atoms with van der Waals surface area (Å²) >= 11 is 0. The molecule has 0 saturated carbocycles. The van der Waals surface area contributed by atoms with Crippen LogP contribution in [0.15, 0.2) is 57.8 Å². The van der Waals surface area contributed by atoms with Gasteiger partial charge in [-0.15, -0.1) is 0 Å². The van der Waals surface area contributed by atoms with Gasteiger partial charge in [-0.3, -0.25) is 0 Å². The zero-order chi connectivity index (χ0) is 20.2. The summed E-state index contributed by atoms with van der Waals surface area (Å²) in [6.07, 6.45) is 0. The number of esters is 2. The molecule has 1 aromatic carbocycles. The van der Waals surface area contributed by atoms with Crippen molar-refractivity contribution >= 4 is 21.8 Å². The Morgan fingerprint density at radius 1 is 1.04 bits per heavy atom. The molecule has 0 radical (unpaired) electrons. The van der Waals surface area contributed by atoms with Crippen LogP contribution in [0.3, 0.4) is 0 Å². The van der Waals surface area contributed by atoms with E-state index in [4.69, 9.17) is 9.47 Å². The monoisotopic (exact) mass is 393 g/mol. The van der Waals surface area contributed by atoms with E-state index in [2.05, 4.69) is 5.32 Å². The fourth-order valence-electron chi connectivity index (χ4n) is 3.05. The number of hydrogen-bond acceptors (Lipinski definition) is 7. The molecular weight excluding hydrogens is 370 g/mol. The lowest BCUT2D eigenvalue weighted by Gasteiger charge is -2.27. The second-order valence-electron chi connectivity index (χ2n) is 6.18. The molecule has 0 amide bonds. The quantitative estimate of drug-likeness (QED) is 0.738. The molecule has 0 saturated heterocycles. The molecule has 1 N–H and O–H groups in total. The molecule has 1 aliphatic heterocycles. The third-order valence-corrected chi connectivity index (χ3v) is 6.06. The summed E-state index contributed by atoms with van der Waals surface area (Å²) in [5.41, 5.74) is 1.78. The zero-order valence-electron chi connectivity index (χ0n) is 15.7. The minimum absolute atomic E-state index is 0.177. The predicted molar refractivity (Wildman–Crippen MR) is 99.2 cm³/mol. The van der Waals surface area contributed by atoms with Gasteiger partial charge in [0.2, 0.25) is 0 Å². The van der Waals surface area contributed by atoms with E-state index in [1.165, 1.54) is 19.2 Å². The van der Waals surface area contributed by atoms with Gasteiger partial charge in [-0.25, -0.2) is 18.0 Å². The normalized spacial score (nSPS) is 17.4. The van der Waals surface area contributed by atoms with Crippen molar-refractivity contribution in [2.45, 2.75) is 25.7 Å². The molecule has 2 rings (SSSR count). The van der Waals surface area contributed by atoms with E-state index in [1.54, 1.807) is 39.0 Å². The van der Waals surface area contributed by atoms with Crippen LogP contribution in [0.2, 0.25) is 0 Å². The molecule has 1 atom stereocenters. The molecule has 0 spiro atoms. The fourth-order valence-corrected chi connectivity index (χ4v) is 4.16. The average molecular weight is 393 g/mol. The Balaban J connectivity index is 2.07. The number of rotatable bonds is 6. The fraction of sp³-hybridized carbons (Fsp3) is 0.368. The Labute approximate surface area is 159 Å². The summed E-state index contributed by atoms with van der Waals surface area (Å²) in [5.74, 6) is -2.05. The van der Waals surface area contributed by atoms with Crippen molar-refractivity contribution < 1.29 is 27.5 Å². The van der Waals surface area contributed by atoms with Crippen molar-refractivity contribution in [3.8, 4) is 0 Å². The Hall–Kier alpha value is -2.61. The molecular formula is C19H23NO6S. The highest BCUT2D eigenvalue weighted by Crippen LogP contribution is 2.30. The third-order valence-electron chi connectivity index (χ3n) is 4.36. The number of allylic oxidation sites excluding steroid dienone is 2. The van der Waals surface area contributed by atoms with E-state index in [-0.39, 0.29) is 22.8 Å². The number of sulfone groups is 1. The largest absolute Gasteiger partial charge is 0.466 e. The average Bonchev–Trinajstić information content (AvgIpc) is 2.61. The summed E-state index contributed by atoms with van der Waals surface area (Å²) in [6.45, 7) is 4.85. The summed E-state index contributed by atoms with van der Waals surface area (Å²) in [5, 5.41) is 2.98. The maximum absolute atomic E-state index is 12.5. The molecule has 0 aliphatic carbocycles. The van der Waals surface area contributed by atoms with Crippen LogP contribution in [0.1, 0.15) is 20.8 Å². The molecule has 0 bridgehead atoms. The second kappa shape index (κ2) is 8.39. The maximum atomic E-state index is 12.5. The van der Waals surface area contributed by atoms with Crippen LogP contribution in [0.25, 0.3) is 0 Å². The molecule has 1 aliphatic rings. The summed E-state index contributed by atoms with van der Waals surface area (Å²) in [7, 11) is -2.27. The van der Waals surface area contributed by atoms with Gasteiger partial charge in [0.05, 0.1) is 28.9 Å². The Bertz CT molecular complexity index is 899. The number of methoxy groups -OCH3 is 1. The van der Waals surface area contributed by atoms with E-state index in [0.29, 0.717) is 17.0 Å².